The molecule has 2 heterocycles. The van der Waals surface area contributed by atoms with Crippen LogP contribution in [0.1, 0.15) is 29.9 Å². The molecule has 0 N–H and O–H groups in total. The minimum Gasteiger partial charge on any atom is -0.322 e. The van der Waals surface area contributed by atoms with Crippen LogP contribution in [-0.4, -0.2) is 45.5 Å². The van der Waals surface area contributed by atoms with E-state index >= 15 is 0 Å². The zero-order valence-electron chi connectivity index (χ0n) is 18.5. The molecule has 1 aromatic heterocycles. The van der Waals surface area contributed by atoms with Crippen molar-refractivity contribution in [2.24, 2.45) is 0 Å². The summed E-state index contributed by atoms with van der Waals surface area (Å²) in [6, 6.07) is 27.7. The molecular weight excluding hydrogens is 416 g/mol. The largest absolute Gasteiger partial charge is 0.322 e. The van der Waals surface area contributed by atoms with Crippen molar-refractivity contribution in [3.05, 3.63) is 101 Å². The summed E-state index contributed by atoms with van der Waals surface area (Å²) in [7, 11) is 0. The molecule has 1 aliphatic rings. The van der Waals surface area contributed by atoms with Gasteiger partial charge in [-0.05, 0) is 36.2 Å². The monoisotopic (exact) mass is 444 g/mol. The lowest BCUT2D eigenvalue weighted by Crippen LogP contribution is -2.47. The maximum Gasteiger partial charge on any atom is 0.124 e. The Bertz CT molecular complexity index is 1180. The molecule has 0 aliphatic carbocycles. The predicted molar refractivity (Wildman–Crippen MR) is 132 cm³/mol. The summed E-state index contributed by atoms with van der Waals surface area (Å²) < 4.78 is 2.38. The first-order chi connectivity index (χ1) is 15.7. The molecule has 0 amide bonds. The van der Waals surface area contributed by atoms with Crippen molar-refractivity contribution in [2.75, 3.05) is 26.2 Å². The van der Waals surface area contributed by atoms with Crippen LogP contribution in [-0.2, 0) is 13.1 Å². The average molecular weight is 445 g/mol. The van der Waals surface area contributed by atoms with Crippen molar-refractivity contribution >= 4 is 22.6 Å². The van der Waals surface area contributed by atoms with Gasteiger partial charge in [0.25, 0.3) is 0 Å². The predicted octanol–water partition coefficient (Wildman–Crippen LogP) is 5.62. The minimum absolute atomic E-state index is 0.327. The van der Waals surface area contributed by atoms with Gasteiger partial charge >= 0.3 is 0 Å². The van der Waals surface area contributed by atoms with Gasteiger partial charge in [-0.1, -0.05) is 72.3 Å². The standard InChI is InChI=1S/C27H29ClN4/c1-21(23-11-5-6-12-24(23)28)31-17-15-30(16-18-31)20-27-29-25-13-7-8-14-26(25)32(27)19-22-9-3-2-4-10-22/h2-14,21H,15-20H2,1H3. The number of para-hydroxylation sites is 2. The maximum atomic E-state index is 6.45. The molecule has 3 aromatic carbocycles. The van der Waals surface area contributed by atoms with Gasteiger partial charge in [-0.3, -0.25) is 9.80 Å². The molecule has 1 saturated heterocycles. The average Bonchev–Trinajstić information content (AvgIpc) is 3.17. The highest BCUT2D eigenvalue weighted by molar-refractivity contribution is 6.31. The number of aromatic nitrogens is 2. The van der Waals surface area contributed by atoms with Crippen LogP contribution in [0.3, 0.4) is 0 Å². The smallest absolute Gasteiger partial charge is 0.124 e. The summed E-state index contributed by atoms with van der Waals surface area (Å²) in [5, 5.41) is 0.858. The molecule has 0 saturated carbocycles. The van der Waals surface area contributed by atoms with Gasteiger partial charge in [-0.15, -0.1) is 0 Å². The molecule has 4 aromatic rings. The van der Waals surface area contributed by atoms with E-state index in [1.54, 1.807) is 0 Å². The normalized spacial score (nSPS) is 16.4. The lowest BCUT2D eigenvalue weighted by molar-refractivity contribution is 0.0956. The van der Waals surface area contributed by atoms with E-state index in [0.717, 1.165) is 55.6 Å². The number of imidazole rings is 1. The second-order valence-electron chi connectivity index (χ2n) is 8.60. The van der Waals surface area contributed by atoms with Gasteiger partial charge in [0, 0.05) is 43.8 Å². The quantitative estimate of drug-likeness (QED) is 0.386. The number of hydrogen-bond donors (Lipinski definition) is 0. The number of halogens is 1. The Hall–Kier alpha value is -2.66. The third-order valence-corrected chi connectivity index (χ3v) is 6.94. The molecule has 0 bridgehead atoms. The van der Waals surface area contributed by atoms with Gasteiger partial charge in [-0.2, -0.15) is 0 Å². The van der Waals surface area contributed by atoms with Crippen molar-refractivity contribution < 1.29 is 0 Å². The van der Waals surface area contributed by atoms with Gasteiger partial charge < -0.3 is 4.57 Å². The lowest BCUT2D eigenvalue weighted by atomic mass is 10.1. The Balaban J connectivity index is 1.30. The van der Waals surface area contributed by atoms with Crippen LogP contribution in [0.25, 0.3) is 11.0 Å². The Morgan fingerprint density at radius 1 is 0.812 bits per heavy atom. The number of rotatable bonds is 6. The fourth-order valence-corrected chi connectivity index (χ4v) is 5.00. The molecule has 164 valence electrons. The highest BCUT2D eigenvalue weighted by Crippen LogP contribution is 2.28. The molecule has 0 radical (unpaired) electrons. The molecular formula is C27H29ClN4. The molecule has 5 heteroatoms. The molecule has 1 atom stereocenters. The van der Waals surface area contributed by atoms with Crippen molar-refractivity contribution in [1.82, 2.24) is 19.4 Å². The summed E-state index contributed by atoms with van der Waals surface area (Å²) in [4.78, 5) is 10.1. The number of nitrogens with zero attached hydrogens (tertiary/aromatic N) is 4. The summed E-state index contributed by atoms with van der Waals surface area (Å²) >= 11 is 6.45. The first-order valence-electron chi connectivity index (χ1n) is 11.4. The molecule has 0 spiro atoms. The number of piperazine rings is 1. The number of benzene rings is 3. The SMILES string of the molecule is CC(c1ccccc1Cl)N1CCN(Cc2nc3ccccc3n2Cc2ccccc2)CC1. The van der Waals surface area contributed by atoms with Crippen molar-refractivity contribution in [3.8, 4) is 0 Å². The number of hydrogen-bond acceptors (Lipinski definition) is 3. The summed E-state index contributed by atoms with van der Waals surface area (Å²) in [5.74, 6) is 1.14. The van der Waals surface area contributed by atoms with E-state index < -0.39 is 0 Å². The Morgan fingerprint density at radius 2 is 1.50 bits per heavy atom. The van der Waals surface area contributed by atoms with Crippen LogP contribution in [0.15, 0.2) is 78.9 Å². The fourth-order valence-electron chi connectivity index (χ4n) is 4.71. The summed E-state index contributed by atoms with van der Waals surface area (Å²) in [5.41, 5.74) is 4.80. The highest BCUT2D eigenvalue weighted by atomic mass is 35.5. The minimum atomic E-state index is 0.327. The van der Waals surface area contributed by atoms with Gasteiger partial charge in [0.1, 0.15) is 5.82 Å². The van der Waals surface area contributed by atoms with E-state index in [0.29, 0.717) is 6.04 Å². The van der Waals surface area contributed by atoms with Crippen LogP contribution in [0.2, 0.25) is 5.02 Å². The third-order valence-electron chi connectivity index (χ3n) is 6.59. The topological polar surface area (TPSA) is 24.3 Å². The van der Waals surface area contributed by atoms with Crippen molar-refractivity contribution in [3.63, 3.8) is 0 Å². The Kier molecular flexibility index (Phi) is 6.26. The molecule has 5 rings (SSSR count). The van der Waals surface area contributed by atoms with Crippen LogP contribution >= 0.6 is 11.6 Å². The molecule has 1 fully saturated rings. The third kappa shape index (κ3) is 4.44. The maximum absolute atomic E-state index is 6.45. The van der Waals surface area contributed by atoms with Gasteiger partial charge in [0.2, 0.25) is 0 Å². The Labute approximate surface area is 195 Å². The van der Waals surface area contributed by atoms with E-state index in [2.05, 4.69) is 88.0 Å². The zero-order valence-corrected chi connectivity index (χ0v) is 19.2. The van der Waals surface area contributed by atoms with E-state index in [-0.39, 0.29) is 0 Å². The van der Waals surface area contributed by atoms with Crippen LogP contribution in [0.5, 0.6) is 0 Å². The van der Waals surface area contributed by atoms with Crippen LogP contribution in [0.4, 0.5) is 0 Å². The van der Waals surface area contributed by atoms with E-state index in [1.165, 1.54) is 16.6 Å². The van der Waals surface area contributed by atoms with E-state index in [9.17, 15) is 0 Å². The van der Waals surface area contributed by atoms with E-state index in [1.807, 2.05) is 12.1 Å². The first-order valence-corrected chi connectivity index (χ1v) is 11.8. The first kappa shape index (κ1) is 21.2. The molecule has 32 heavy (non-hydrogen) atoms. The highest BCUT2D eigenvalue weighted by Gasteiger charge is 2.24. The van der Waals surface area contributed by atoms with E-state index in [4.69, 9.17) is 16.6 Å². The fraction of sp³-hybridized carbons (Fsp3) is 0.296. The van der Waals surface area contributed by atoms with Gasteiger partial charge in [-0.25, -0.2) is 4.98 Å². The molecule has 1 unspecified atom stereocenters. The molecule has 4 nitrogen and oxygen atoms in total. The Morgan fingerprint density at radius 3 is 2.28 bits per heavy atom. The van der Waals surface area contributed by atoms with Crippen molar-refractivity contribution in [2.45, 2.75) is 26.1 Å². The van der Waals surface area contributed by atoms with Gasteiger partial charge in [0.05, 0.1) is 17.6 Å². The van der Waals surface area contributed by atoms with Crippen molar-refractivity contribution in [1.29, 1.82) is 0 Å². The summed E-state index contributed by atoms with van der Waals surface area (Å²) in [6.45, 7) is 8.11. The van der Waals surface area contributed by atoms with Crippen LogP contribution in [0, 0.1) is 0 Å². The molecule has 1 aliphatic heterocycles. The van der Waals surface area contributed by atoms with Gasteiger partial charge in [0.15, 0.2) is 0 Å². The second-order valence-corrected chi connectivity index (χ2v) is 9.01. The summed E-state index contributed by atoms with van der Waals surface area (Å²) in [6.07, 6.45) is 0. The second kappa shape index (κ2) is 9.45. The number of fused-ring (bicyclic) bond motifs is 1. The lowest BCUT2D eigenvalue weighted by Gasteiger charge is -2.38. The van der Waals surface area contributed by atoms with Crippen LogP contribution < -0.4 is 0 Å². The zero-order chi connectivity index (χ0) is 21.9.